The Balaban J connectivity index is 1.68. The smallest absolute Gasteiger partial charge is 0.414 e. The molecule has 1 aliphatic rings. The summed E-state index contributed by atoms with van der Waals surface area (Å²) in [6.45, 7) is 4.91. The van der Waals surface area contributed by atoms with Gasteiger partial charge < -0.3 is 9.47 Å². The third kappa shape index (κ3) is 4.19. The zero-order valence-corrected chi connectivity index (χ0v) is 14.3. The summed E-state index contributed by atoms with van der Waals surface area (Å²) in [5.74, 6) is 0.616. The number of allylic oxidation sites excluding steroid dienone is 1. The number of anilines is 1. The number of amides is 1. The summed E-state index contributed by atoms with van der Waals surface area (Å²) in [4.78, 5) is 25.6. The molecule has 0 spiro atoms. The first kappa shape index (κ1) is 17.5. The Kier molecular flexibility index (Phi) is 5.49. The lowest BCUT2D eigenvalue weighted by Crippen LogP contribution is -2.23. The average Bonchev–Trinajstić information content (AvgIpc) is 3.11. The fourth-order valence-electron chi connectivity index (χ4n) is 2.55. The van der Waals surface area contributed by atoms with Crippen LogP contribution in [0.2, 0.25) is 0 Å². The third-order valence-corrected chi connectivity index (χ3v) is 3.88. The number of ether oxygens (including phenoxy) is 2. The summed E-state index contributed by atoms with van der Waals surface area (Å²) in [5.41, 5.74) is 2.07. The number of carbonyl (C=O) groups excluding carboxylic acids is 2. The van der Waals surface area contributed by atoms with Crippen LogP contribution in [0.15, 0.2) is 67.3 Å². The number of carbonyl (C=O) groups is 2. The highest BCUT2D eigenvalue weighted by molar-refractivity contribution is 6.07. The number of ketones is 1. The first-order valence-corrected chi connectivity index (χ1v) is 8.28. The van der Waals surface area contributed by atoms with E-state index in [1.807, 2.05) is 24.3 Å². The second-order valence-corrected chi connectivity index (χ2v) is 5.68. The largest absolute Gasteiger partial charge is 0.490 e. The van der Waals surface area contributed by atoms with Gasteiger partial charge in [0.05, 0.1) is 6.54 Å². The topological polar surface area (TPSA) is 55.8 Å². The number of benzene rings is 2. The van der Waals surface area contributed by atoms with Crippen molar-refractivity contribution in [3.8, 4) is 5.75 Å². The van der Waals surface area contributed by atoms with Gasteiger partial charge in [-0.1, -0.05) is 43.0 Å². The molecule has 0 saturated carbocycles. The molecule has 132 valence electrons. The molecule has 0 bridgehead atoms. The average molecular weight is 349 g/mol. The Bertz CT molecular complexity index is 839. The second kappa shape index (κ2) is 8.16. The van der Waals surface area contributed by atoms with Crippen LogP contribution in [0.25, 0.3) is 6.08 Å². The summed E-state index contributed by atoms with van der Waals surface area (Å²) in [5, 5.41) is 0. The zero-order valence-electron chi connectivity index (χ0n) is 14.3. The van der Waals surface area contributed by atoms with Crippen LogP contribution < -0.4 is 9.64 Å². The lowest BCUT2D eigenvalue weighted by molar-refractivity contribution is 0.104. The summed E-state index contributed by atoms with van der Waals surface area (Å²) in [6.07, 6.45) is 4.56. The van der Waals surface area contributed by atoms with Gasteiger partial charge in [-0.25, -0.2) is 4.79 Å². The fourth-order valence-corrected chi connectivity index (χ4v) is 2.55. The number of hydrogen-bond donors (Lipinski definition) is 0. The zero-order chi connectivity index (χ0) is 18.4. The molecule has 5 heteroatoms. The minimum atomic E-state index is -0.385. The van der Waals surface area contributed by atoms with Crippen molar-refractivity contribution in [1.82, 2.24) is 0 Å². The summed E-state index contributed by atoms with van der Waals surface area (Å²) in [7, 11) is 0. The van der Waals surface area contributed by atoms with Crippen LogP contribution in [-0.2, 0) is 4.74 Å². The van der Waals surface area contributed by atoms with Gasteiger partial charge in [0.2, 0.25) is 0 Å². The Labute approximate surface area is 152 Å². The van der Waals surface area contributed by atoms with E-state index in [0.29, 0.717) is 31.0 Å². The molecule has 0 N–H and O–H groups in total. The first-order chi connectivity index (χ1) is 12.7. The number of hydrogen-bond acceptors (Lipinski definition) is 4. The maximum atomic E-state index is 12.4. The van der Waals surface area contributed by atoms with Gasteiger partial charge in [-0.15, -0.1) is 0 Å². The molecule has 1 heterocycles. The van der Waals surface area contributed by atoms with E-state index >= 15 is 0 Å². The minimum absolute atomic E-state index is 0.133. The highest BCUT2D eigenvalue weighted by atomic mass is 16.6. The van der Waals surface area contributed by atoms with Gasteiger partial charge in [0, 0.05) is 11.3 Å². The molecule has 1 amide bonds. The molecule has 0 aromatic heterocycles. The van der Waals surface area contributed by atoms with Crippen molar-refractivity contribution in [1.29, 1.82) is 0 Å². The molecule has 1 aliphatic heterocycles. The SMILES string of the molecule is C=CCOc1ccc(/C=C/C(=O)c2cccc(N3CCOC3=O)c2)cc1. The van der Waals surface area contributed by atoms with E-state index < -0.39 is 0 Å². The monoisotopic (exact) mass is 349 g/mol. The van der Waals surface area contributed by atoms with Gasteiger partial charge >= 0.3 is 6.09 Å². The maximum absolute atomic E-state index is 12.4. The van der Waals surface area contributed by atoms with Crippen molar-refractivity contribution in [3.63, 3.8) is 0 Å². The normalized spacial score (nSPS) is 13.7. The summed E-state index contributed by atoms with van der Waals surface area (Å²) < 4.78 is 10.4. The van der Waals surface area contributed by atoms with E-state index in [1.165, 1.54) is 11.0 Å². The van der Waals surface area contributed by atoms with Gasteiger partial charge in [-0.3, -0.25) is 9.69 Å². The maximum Gasteiger partial charge on any atom is 0.414 e. The molecule has 0 aliphatic carbocycles. The second-order valence-electron chi connectivity index (χ2n) is 5.68. The molecule has 5 nitrogen and oxygen atoms in total. The quantitative estimate of drug-likeness (QED) is 0.429. The molecule has 3 rings (SSSR count). The van der Waals surface area contributed by atoms with Crippen LogP contribution >= 0.6 is 0 Å². The highest BCUT2D eigenvalue weighted by Crippen LogP contribution is 2.21. The van der Waals surface area contributed by atoms with E-state index in [1.54, 1.807) is 36.4 Å². The molecule has 0 atom stereocenters. The summed E-state index contributed by atoms with van der Waals surface area (Å²) in [6, 6.07) is 14.4. The predicted octanol–water partition coefficient (Wildman–Crippen LogP) is 4.10. The van der Waals surface area contributed by atoms with Crippen molar-refractivity contribution in [2.45, 2.75) is 0 Å². The molecule has 1 fully saturated rings. The van der Waals surface area contributed by atoms with Gasteiger partial charge in [0.15, 0.2) is 5.78 Å². The Morgan fingerprint density at radius 2 is 2.04 bits per heavy atom. The number of cyclic esters (lactones) is 1. The van der Waals surface area contributed by atoms with E-state index in [9.17, 15) is 9.59 Å². The van der Waals surface area contributed by atoms with Crippen molar-refractivity contribution in [2.75, 3.05) is 24.7 Å². The molecule has 0 radical (unpaired) electrons. The molecular formula is C21H19NO4. The van der Waals surface area contributed by atoms with Crippen LogP contribution in [0.4, 0.5) is 10.5 Å². The fraction of sp³-hybridized carbons (Fsp3) is 0.143. The standard InChI is InChI=1S/C21H19NO4/c1-2-13-25-19-9-6-16(7-10-19)8-11-20(23)17-4-3-5-18(15-17)22-12-14-26-21(22)24/h2-11,15H,1,12-14H2/b11-8+. The first-order valence-electron chi connectivity index (χ1n) is 8.28. The predicted molar refractivity (Wildman–Crippen MR) is 101 cm³/mol. The number of nitrogens with zero attached hydrogens (tertiary/aromatic N) is 1. The van der Waals surface area contributed by atoms with Crippen molar-refractivity contribution in [3.05, 3.63) is 78.4 Å². The lowest BCUT2D eigenvalue weighted by atomic mass is 10.1. The van der Waals surface area contributed by atoms with Crippen LogP contribution in [0.3, 0.4) is 0 Å². The highest BCUT2D eigenvalue weighted by Gasteiger charge is 2.23. The van der Waals surface area contributed by atoms with Gasteiger partial charge in [0.1, 0.15) is 19.0 Å². The Hall–Kier alpha value is -3.34. The van der Waals surface area contributed by atoms with Crippen LogP contribution in [0, 0.1) is 0 Å². The molecule has 0 unspecified atom stereocenters. The molecule has 26 heavy (non-hydrogen) atoms. The van der Waals surface area contributed by atoms with Gasteiger partial charge in [-0.2, -0.15) is 0 Å². The lowest BCUT2D eigenvalue weighted by Gasteiger charge is -2.13. The van der Waals surface area contributed by atoms with Crippen LogP contribution in [-0.4, -0.2) is 31.6 Å². The molecular weight excluding hydrogens is 330 g/mol. The number of rotatable bonds is 7. The van der Waals surface area contributed by atoms with Crippen molar-refractivity contribution >= 4 is 23.6 Å². The summed E-state index contributed by atoms with van der Waals surface area (Å²) >= 11 is 0. The third-order valence-electron chi connectivity index (χ3n) is 3.88. The molecule has 2 aromatic carbocycles. The van der Waals surface area contributed by atoms with Crippen molar-refractivity contribution < 1.29 is 19.1 Å². The van der Waals surface area contributed by atoms with E-state index in [2.05, 4.69) is 6.58 Å². The van der Waals surface area contributed by atoms with Crippen LogP contribution in [0.1, 0.15) is 15.9 Å². The Morgan fingerprint density at radius 1 is 1.23 bits per heavy atom. The van der Waals surface area contributed by atoms with E-state index in [4.69, 9.17) is 9.47 Å². The van der Waals surface area contributed by atoms with Gasteiger partial charge in [0.25, 0.3) is 0 Å². The van der Waals surface area contributed by atoms with E-state index in [0.717, 1.165) is 11.3 Å². The van der Waals surface area contributed by atoms with E-state index in [-0.39, 0.29) is 11.9 Å². The minimum Gasteiger partial charge on any atom is -0.490 e. The van der Waals surface area contributed by atoms with Crippen molar-refractivity contribution in [2.24, 2.45) is 0 Å². The Morgan fingerprint density at radius 3 is 2.73 bits per heavy atom. The molecule has 1 saturated heterocycles. The molecule has 2 aromatic rings. The van der Waals surface area contributed by atoms with Gasteiger partial charge in [-0.05, 0) is 35.9 Å². The van der Waals surface area contributed by atoms with Crippen LogP contribution in [0.5, 0.6) is 5.75 Å².